The van der Waals surface area contributed by atoms with Crippen LogP contribution < -0.4 is 9.80 Å². The Morgan fingerprint density at radius 3 is 1.92 bits per heavy atom. The maximum atomic E-state index is 2.58. The van der Waals surface area contributed by atoms with Crippen LogP contribution in [0.4, 0.5) is 22.7 Å². The van der Waals surface area contributed by atoms with Crippen molar-refractivity contribution in [2.24, 2.45) is 0 Å². The van der Waals surface area contributed by atoms with Gasteiger partial charge in [0.1, 0.15) is 0 Å². The Kier molecular flexibility index (Phi) is 7.24. The number of hydrogen-bond donors (Lipinski definition) is 0. The van der Waals surface area contributed by atoms with Gasteiger partial charge < -0.3 is 9.80 Å². The Balaban J connectivity index is 0.928. The van der Waals surface area contributed by atoms with Gasteiger partial charge in [-0.1, -0.05) is 117 Å². The molecule has 7 aromatic rings. The normalized spacial score (nSPS) is 16.8. The van der Waals surface area contributed by atoms with Crippen LogP contribution in [0.2, 0.25) is 0 Å². The standard InChI is InChI=1S/C51H46N2/c1-50(2)28-27-37-11-6-8-14-49(37)53(50)41-22-26-45-44-24-18-35(31-46(44)51(3,4)47(45)33-41)16-15-34-17-23-42-38(30-34)19-20-39-32-40(21-25-43(39)42)52-29-9-12-36-10-5-7-13-48(36)52/h5-8,10-11,13-26,30-33H,9,12,27-29H2,1-4H3/b16-15+. The van der Waals surface area contributed by atoms with Crippen molar-refractivity contribution in [2.75, 3.05) is 16.3 Å². The smallest absolute Gasteiger partial charge is 0.0448 e. The number of rotatable bonds is 4. The van der Waals surface area contributed by atoms with E-state index in [1.807, 2.05) is 0 Å². The quantitative estimate of drug-likeness (QED) is 0.134. The van der Waals surface area contributed by atoms with Crippen molar-refractivity contribution < 1.29 is 0 Å². The molecule has 2 nitrogen and oxygen atoms in total. The second kappa shape index (κ2) is 12.0. The Hall–Kier alpha value is -5.60. The zero-order valence-electron chi connectivity index (χ0n) is 31.3. The third-order valence-electron chi connectivity index (χ3n) is 12.5. The summed E-state index contributed by atoms with van der Waals surface area (Å²) < 4.78 is 0. The summed E-state index contributed by atoms with van der Waals surface area (Å²) in [6, 6.07) is 50.5. The van der Waals surface area contributed by atoms with Gasteiger partial charge in [-0.05, 0) is 148 Å². The molecule has 0 unspecified atom stereocenters. The molecular weight excluding hydrogens is 641 g/mol. The van der Waals surface area contributed by atoms with Crippen LogP contribution in [0.25, 0.3) is 44.8 Å². The molecule has 0 fully saturated rings. The summed E-state index contributed by atoms with van der Waals surface area (Å²) in [5, 5.41) is 5.18. The zero-order chi connectivity index (χ0) is 35.9. The molecule has 0 saturated carbocycles. The molecule has 53 heavy (non-hydrogen) atoms. The van der Waals surface area contributed by atoms with Gasteiger partial charge in [0.15, 0.2) is 0 Å². The molecule has 260 valence electrons. The van der Waals surface area contributed by atoms with E-state index in [9.17, 15) is 0 Å². The lowest BCUT2D eigenvalue weighted by atomic mass is 9.81. The van der Waals surface area contributed by atoms with Crippen molar-refractivity contribution in [1.82, 2.24) is 0 Å². The van der Waals surface area contributed by atoms with E-state index in [1.54, 1.807) is 0 Å². The van der Waals surface area contributed by atoms with Crippen molar-refractivity contribution in [3.8, 4) is 11.1 Å². The lowest BCUT2D eigenvalue weighted by Gasteiger charge is -2.45. The summed E-state index contributed by atoms with van der Waals surface area (Å²) in [6.45, 7) is 10.6. The molecule has 7 aromatic carbocycles. The minimum atomic E-state index is -0.0920. The van der Waals surface area contributed by atoms with Gasteiger partial charge in [-0.2, -0.15) is 0 Å². The average Bonchev–Trinajstić information content (AvgIpc) is 3.40. The van der Waals surface area contributed by atoms with Crippen molar-refractivity contribution >= 4 is 56.4 Å². The van der Waals surface area contributed by atoms with Crippen LogP contribution in [0.1, 0.15) is 73.9 Å². The van der Waals surface area contributed by atoms with Gasteiger partial charge in [-0.15, -0.1) is 0 Å². The average molecular weight is 687 g/mol. The minimum Gasteiger partial charge on any atom is -0.341 e. The highest BCUT2D eigenvalue weighted by Gasteiger charge is 2.38. The van der Waals surface area contributed by atoms with Gasteiger partial charge in [0.25, 0.3) is 0 Å². The predicted molar refractivity (Wildman–Crippen MR) is 227 cm³/mol. The van der Waals surface area contributed by atoms with Gasteiger partial charge in [0, 0.05) is 40.2 Å². The van der Waals surface area contributed by atoms with Crippen LogP contribution in [0.3, 0.4) is 0 Å². The summed E-state index contributed by atoms with van der Waals surface area (Å²) in [5.74, 6) is 0. The minimum absolute atomic E-state index is 0.0515. The monoisotopic (exact) mass is 686 g/mol. The lowest BCUT2D eigenvalue weighted by molar-refractivity contribution is 0.447. The number of benzene rings is 7. The third-order valence-corrected chi connectivity index (χ3v) is 12.5. The molecule has 0 N–H and O–H groups in total. The van der Waals surface area contributed by atoms with E-state index in [2.05, 4.69) is 183 Å². The van der Waals surface area contributed by atoms with Crippen molar-refractivity contribution in [3.05, 3.63) is 167 Å². The number of hydrogen-bond acceptors (Lipinski definition) is 2. The summed E-state index contributed by atoms with van der Waals surface area (Å²) in [6.07, 6.45) is 9.17. The molecule has 2 aliphatic heterocycles. The first kappa shape index (κ1) is 32.1. The van der Waals surface area contributed by atoms with Crippen LogP contribution in [0.15, 0.2) is 133 Å². The molecule has 3 aliphatic rings. The zero-order valence-corrected chi connectivity index (χ0v) is 31.3. The molecule has 0 saturated heterocycles. The number of fused-ring (bicyclic) bond motifs is 8. The Morgan fingerprint density at radius 1 is 0.528 bits per heavy atom. The first-order valence-corrected chi connectivity index (χ1v) is 19.4. The first-order chi connectivity index (χ1) is 25.7. The number of nitrogens with zero attached hydrogens (tertiary/aromatic N) is 2. The molecule has 0 spiro atoms. The fourth-order valence-corrected chi connectivity index (χ4v) is 9.64. The van der Waals surface area contributed by atoms with Gasteiger partial charge in [-0.3, -0.25) is 0 Å². The molecule has 1 aliphatic carbocycles. The second-order valence-electron chi connectivity index (χ2n) is 16.6. The van der Waals surface area contributed by atoms with Crippen LogP contribution in [0, 0.1) is 0 Å². The van der Waals surface area contributed by atoms with E-state index >= 15 is 0 Å². The molecule has 0 amide bonds. The highest BCUT2D eigenvalue weighted by atomic mass is 15.2. The van der Waals surface area contributed by atoms with Crippen LogP contribution in [-0.2, 0) is 18.3 Å². The van der Waals surface area contributed by atoms with E-state index in [4.69, 9.17) is 0 Å². The first-order valence-electron chi connectivity index (χ1n) is 19.4. The Bertz CT molecular complexity index is 2620. The molecule has 2 heteroatoms. The van der Waals surface area contributed by atoms with Crippen molar-refractivity contribution in [2.45, 2.75) is 64.3 Å². The summed E-state index contributed by atoms with van der Waals surface area (Å²) in [4.78, 5) is 5.07. The number of anilines is 4. The van der Waals surface area contributed by atoms with Gasteiger partial charge in [-0.25, -0.2) is 0 Å². The Labute approximate surface area is 314 Å². The highest BCUT2D eigenvalue weighted by molar-refractivity contribution is 6.09. The maximum Gasteiger partial charge on any atom is 0.0448 e. The number of para-hydroxylation sites is 2. The lowest BCUT2D eigenvalue weighted by Crippen LogP contribution is -2.44. The molecule has 0 radical (unpaired) electrons. The molecular formula is C51H46N2. The van der Waals surface area contributed by atoms with Gasteiger partial charge in [0.05, 0.1) is 0 Å². The fraction of sp³-hybridized carbons (Fsp3) is 0.216. The fourth-order valence-electron chi connectivity index (χ4n) is 9.64. The van der Waals surface area contributed by atoms with Gasteiger partial charge in [0.2, 0.25) is 0 Å². The topological polar surface area (TPSA) is 6.48 Å². The van der Waals surface area contributed by atoms with Crippen molar-refractivity contribution in [3.63, 3.8) is 0 Å². The van der Waals surface area contributed by atoms with E-state index in [-0.39, 0.29) is 11.0 Å². The van der Waals surface area contributed by atoms with E-state index in [0.29, 0.717) is 0 Å². The third kappa shape index (κ3) is 5.22. The molecule has 0 bridgehead atoms. The van der Waals surface area contributed by atoms with E-state index < -0.39 is 0 Å². The largest absolute Gasteiger partial charge is 0.341 e. The molecule has 10 rings (SSSR count). The summed E-state index contributed by atoms with van der Waals surface area (Å²) in [5.41, 5.74) is 16.1. The molecule has 0 aromatic heterocycles. The second-order valence-corrected chi connectivity index (χ2v) is 16.6. The maximum absolute atomic E-state index is 2.58. The van der Waals surface area contributed by atoms with Crippen LogP contribution in [0.5, 0.6) is 0 Å². The number of aryl methyl sites for hydroxylation is 2. The van der Waals surface area contributed by atoms with Gasteiger partial charge >= 0.3 is 0 Å². The summed E-state index contributed by atoms with van der Waals surface area (Å²) in [7, 11) is 0. The highest BCUT2D eigenvalue weighted by Crippen LogP contribution is 2.52. The van der Waals surface area contributed by atoms with E-state index in [1.165, 1.54) is 95.2 Å². The predicted octanol–water partition coefficient (Wildman–Crippen LogP) is 13.4. The summed E-state index contributed by atoms with van der Waals surface area (Å²) >= 11 is 0. The van der Waals surface area contributed by atoms with Crippen LogP contribution >= 0.6 is 0 Å². The van der Waals surface area contributed by atoms with Crippen molar-refractivity contribution in [1.29, 1.82) is 0 Å². The van der Waals surface area contributed by atoms with Crippen LogP contribution in [-0.4, -0.2) is 12.1 Å². The molecule has 2 heterocycles. The Morgan fingerprint density at radius 2 is 1.13 bits per heavy atom. The SMILES string of the molecule is CC1(C)c2cc(/C=C/c3ccc4c(ccc5cc(N6CCCc7ccccc76)ccc54)c3)ccc2-c2ccc(N3c4ccccc4CCC3(C)C)cc21. The van der Waals surface area contributed by atoms with E-state index in [0.717, 1.165) is 25.8 Å². The molecule has 0 atom stereocenters.